The molecule has 0 atom stereocenters. The number of benzene rings is 2. The van der Waals surface area contributed by atoms with Crippen molar-refractivity contribution in [3.63, 3.8) is 0 Å². The summed E-state index contributed by atoms with van der Waals surface area (Å²) in [6.45, 7) is 4.59. The first-order valence-corrected chi connectivity index (χ1v) is 10.5. The van der Waals surface area contributed by atoms with Crippen LogP contribution in [-0.4, -0.2) is 19.7 Å². The quantitative estimate of drug-likeness (QED) is 0.375. The lowest BCUT2D eigenvalue weighted by Gasteiger charge is -2.13. The van der Waals surface area contributed by atoms with Crippen LogP contribution in [0.25, 0.3) is 11.0 Å². The zero-order chi connectivity index (χ0) is 20.8. The van der Waals surface area contributed by atoms with Gasteiger partial charge in [-0.3, -0.25) is 4.79 Å². The predicted octanol–water partition coefficient (Wildman–Crippen LogP) is 5.84. The fourth-order valence-electron chi connectivity index (χ4n) is 3.22. The lowest BCUT2D eigenvalue weighted by Crippen LogP contribution is -2.09. The van der Waals surface area contributed by atoms with E-state index in [4.69, 9.17) is 18.6 Å². The average molecular weight is 461 g/mol. The van der Waals surface area contributed by atoms with Crippen molar-refractivity contribution in [3.05, 3.63) is 57.8 Å². The molecule has 154 valence electrons. The largest absolute Gasteiger partial charge is 0.497 e. The summed E-state index contributed by atoms with van der Waals surface area (Å²) < 4.78 is 23.6. The molecule has 2 aromatic carbocycles. The van der Waals surface area contributed by atoms with Gasteiger partial charge in [0.25, 0.3) is 0 Å². The van der Waals surface area contributed by atoms with E-state index in [1.54, 1.807) is 20.1 Å². The van der Waals surface area contributed by atoms with E-state index in [9.17, 15) is 4.79 Å². The molecule has 3 rings (SSSR count). The molecule has 1 aromatic heterocycles. The van der Waals surface area contributed by atoms with Crippen LogP contribution < -0.4 is 9.47 Å². The summed E-state index contributed by atoms with van der Waals surface area (Å²) in [6.07, 6.45) is 1.95. The van der Waals surface area contributed by atoms with Crippen molar-refractivity contribution in [3.8, 4) is 11.5 Å². The van der Waals surface area contributed by atoms with Gasteiger partial charge in [0.05, 0.1) is 20.1 Å². The molecule has 0 bridgehead atoms. The van der Waals surface area contributed by atoms with Gasteiger partial charge in [-0.1, -0.05) is 28.9 Å². The van der Waals surface area contributed by atoms with Gasteiger partial charge in [0.1, 0.15) is 29.4 Å². The Labute approximate surface area is 179 Å². The summed E-state index contributed by atoms with van der Waals surface area (Å²) in [5, 5.41) is 1.03. The normalized spacial score (nSPS) is 10.9. The molecule has 0 unspecified atom stereocenters. The average Bonchev–Trinajstić information content (AvgIpc) is 3.04. The number of hydrogen-bond acceptors (Lipinski definition) is 5. The molecule has 0 aliphatic rings. The van der Waals surface area contributed by atoms with Crippen LogP contribution >= 0.6 is 15.9 Å². The minimum absolute atomic E-state index is 0.146. The second-order valence-corrected chi connectivity index (χ2v) is 7.55. The number of furan rings is 1. The number of ether oxygens (including phenoxy) is 3. The highest BCUT2D eigenvalue weighted by Gasteiger charge is 2.17. The van der Waals surface area contributed by atoms with Gasteiger partial charge in [0.2, 0.25) is 0 Å². The van der Waals surface area contributed by atoms with Gasteiger partial charge in [-0.2, -0.15) is 0 Å². The number of halogens is 1. The number of carbonyl (C=O) groups excluding carboxylic acids is 1. The van der Waals surface area contributed by atoms with Crippen LogP contribution in [0.15, 0.2) is 45.3 Å². The maximum absolute atomic E-state index is 12.0. The summed E-state index contributed by atoms with van der Waals surface area (Å²) in [6, 6.07) is 11.4. The number of esters is 1. The molecule has 5 nitrogen and oxygen atoms in total. The molecule has 0 N–H and O–H groups in total. The minimum atomic E-state index is -0.285. The highest BCUT2D eigenvalue weighted by Crippen LogP contribution is 2.32. The standard InChI is InChI=1S/C23H25BrO5/c1-4-6-20-19(18-12-16(24)8-10-21(18)29-20)14-28-22-13-17(26-3)9-7-15(22)11-23(25)27-5-2/h7-10,12-13H,4-6,11,14H2,1-3H3. The molecule has 0 spiro atoms. The van der Waals surface area contributed by atoms with Crippen molar-refractivity contribution in [1.29, 1.82) is 0 Å². The molecule has 29 heavy (non-hydrogen) atoms. The minimum Gasteiger partial charge on any atom is -0.497 e. The van der Waals surface area contributed by atoms with Crippen LogP contribution in [0.2, 0.25) is 0 Å². The number of methoxy groups -OCH3 is 1. The summed E-state index contributed by atoms with van der Waals surface area (Å²) in [4.78, 5) is 12.0. The van der Waals surface area contributed by atoms with Crippen LogP contribution in [0.4, 0.5) is 0 Å². The Hall–Kier alpha value is -2.47. The van der Waals surface area contributed by atoms with Crippen LogP contribution in [0.5, 0.6) is 11.5 Å². The van der Waals surface area contributed by atoms with E-state index < -0.39 is 0 Å². The molecule has 6 heteroatoms. The van der Waals surface area contributed by atoms with E-state index >= 15 is 0 Å². The molecule has 0 radical (unpaired) electrons. The number of rotatable bonds is 9. The van der Waals surface area contributed by atoms with E-state index in [1.165, 1.54) is 0 Å². The number of aryl methyl sites for hydroxylation is 1. The van der Waals surface area contributed by atoms with E-state index in [1.807, 2.05) is 30.3 Å². The van der Waals surface area contributed by atoms with Crippen LogP contribution in [-0.2, 0) is 29.0 Å². The van der Waals surface area contributed by atoms with Gasteiger partial charge in [0.15, 0.2) is 0 Å². The highest BCUT2D eigenvalue weighted by molar-refractivity contribution is 9.10. The molecule has 0 saturated carbocycles. The third kappa shape index (κ3) is 5.12. The molecule has 0 aliphatic carbocycles. The number of carbonyl (C=O) groups is 1. The van der Waals surface area contributed by atoms with E-state index in [-0.39, 0.29) is 12.4 Å². The van der Waals surface area contributed by atoms with Crippen molar-refractivity contribution in [2.24, 2.45) is 0 Å². The van der Waals surface area contributed by atoms with E-state index in [2.05, 4.69) is 22.9 Å². The topological polar surface area (TPSA) is 57.9 Å². The van der Waals surface area contributed by atoms with Crippen LogP contribution in [0.1, 0.15) is 37.2 Å². The van der Waals surface area contributed by atoms with Crippen LogP contribution in [0.3, 0.4) is 0 Å². The van der Waals surface area contributed by atoms with Gasteiger partial charge >= 0.3 is 5.97 Å². The summed E-state index contributed by atoms with van der Waals surface area (Å²) in [5.74, 6) is 1.91. The van der Waals surface area contributed by atoms with Gasteiger partial charge < -0.3 is 18.6 Å². The second-order valence-electron chi connectivity index (χ2n) is 6.64. The Morgan fingerprint density at radius 1 is 1.14 bits per heavy atom. The van der Waals surface area contributed by atoms with Crippen LogP contribution in [0, 0.1) is 0 Å². The third-order valence-corrected chi connectivity index (χ3v) is 5.09. The summed E-state index contributed by atoms with van der Waals surface area (Å²) in [5.41, 5.74) is 2.62. The Morgan fingerprint density at radius 3 is 2.69 bits per heavy atom. The van der Waals surface area contributed by atoms with Crippen molar-refractivity contribution in [1.82, 2.24) is 0 Å². The SMILES string of the molecule is CCCc1oc2ccc(Br)cc2c1COc1cc(OC)ccc1CC(=O)OCC. The maximum Gasteiger partial charge on any atom is 0.310 e. The first-order valence-electron chi connectivity index (χ1n) is 9.70. The number of fused-ring (bicyclic) bond motifs is 1. The Bertz CT molecular complexity index is 992. The van der Waals surface area contributed by atoms with Crippen molar-refractivity contribution in [2.75, 3.05) is 13.7 Å². The van der Waals surface area contributed by atoms with Gasteiger partial charge in [-0.05, 0) is 37.6 Å². The Balaban J connectivity index is 1.91. The zero-order valence-electron chi connectivity index (χ0n) is 16.9. The van der Waals surface area contributed by atoms with Crippen molar-refractivity contribution >= 4 is 32.9 Å². The molecule has 0 fully saturated rings. The molecule has 0 amide bonds. The second kappa shape index (κ2) is 9.83. The molecule has 3 aromatic rings. The third-order valence-electron chi connectivity index (χ3n) is 4.60. The first-order chi connectivity index (χ1) is 14.0. The van der Waals surface area contributed by atoms with Gasteiger partial charge in [-0.25, -0.2) is 0 Å². The van der Waals surface area contributed by atoms with Gasteiger partial charge in [0, 0.05) is 33.5 Å². The van der Waals surface area contributed by atoms with E-state index in [0.717, 1.165) is 45.2 Å². The lowest BCUT2D eigenvalue weighted by molar-refractivity contribution is -0.142. The fraction of sp³-hybridized carbons (Fsp3) is 0.348. The molecular formula is C23H25BrO5. The summed E-state index contributed by atoms with van der Waals surface area (Å²) >= 11 is 3.53. The Morgan fingerprint density at radius 2 is 1.97 bits per heavy atom. The van der Waals surface area contributed by atoms with E-state index in [0.29, 0.717) is 24.7 Å². The molecule has 1 heterocycles. The summed E-state index contributed by atoms with van der Waals surface area (Å²) in [7, 11) is 1.60. The number of hydrogen-bond donors (Lipinski definition) is 0. The maximum atomic E-state index is 12.0. The molecular weight excluding hydrogens is 436 g/mol. The molecule has 0 saturated heterocycles. The smallest absolute Gasteiger partial charge is 0.310 e. The van der Waals surface area contributed by atoms with Gasteiger partial charge in [-0.15, -0.1) is 0 Å². The molecule has 0 aliphatic heterocycles. The van der Waals surface area contributed by atoms with Crippen molar-refractivity contribution in [2.45, 2.75) is 39.7 Å². The van der Waals surface area contributed by atoms with Crippen molar-refractivity contribution < 1.29 is 23.4 Å². The Kier molecular flexibility index (Phi) is 7.20. The zero-order valence-corrected chi connectivity index (χ0v) is 18.5. The predicted molar refractivity (Wildman–Crippen MR) is 116 cm³/mol. The first kappa shape index (κ1) is 21.2. The highest BCUT2D eigenvalue weighted by atomic mass is 79.9. The fourth-order valence-corrected chi connectivity index (χ4v) is 3.58. The monoisotopic (exact) mass is 460 g/mol. The lowest BCUT2D eigenvalue weighted by atomic mass is 10.1.